The molecule has 0 radical (unpaired) electrons. The fourth-order valence-electron chi connectivity index (χ4n) is 4.86. The fourth-order valence-corrected chi connectivity index (χ4v) is 4.86. The number of carbonyl (C=O) groups excluding carboxylic acids is 1. The molecule has 1 saturated carbocycles. The van der Waals surface area contributed by atoms with E-state index < -0.39 is 24.0 Å². The van der Waals surface area contributed by atoms with E-state index in [1.807, 2.05) is 32.1 Å². The maximum absolute atomic E-state index is 13.4. The summed E-state index contributed by atoms with van der Waals surface area (Å²) < 4.78 is 34.3. The first-order chi connectivity index (χ1) is 16.3. The molecule has 186 valence electrons. The highest BCUT2D eigenvalue weighted by Gasteiger charge is 2.43. The lowest BCUT2D eigenvalue weighted by atomic mass is 9.98. The number of hydrogen-bond acceptors (Lipinski definition) is 8. The first kappa shape index (κ1) is 24.7. The zero-order valence-electron chi connectivity index (χ0n) is 20.2. The van der Waals surface area contributed by atoms with Crippen molar-refractivity contribution in [2.75, 3.05) is 21.0 Å². The minimum atomic E-state index is -0.832. The summed E-state index contributed by atoms with van der Waals surface area (Å²) in [5.41, 5.74) is 0.925. The van der Waals surface area contributed by atoms with Gasteiger partial charge < -0.3 is 33.5 Å². The van der Waals surface area contributed by atoms with Crippen LogP contribution in [0.1, 0.15) is 55.5 Å². The molecule has 0 aromatic heterocycles. The molecule has 2 heterocycles. The molecule has 5 atom stereocenters. The third-order valence-corrected chi connectivity index (χ3v) is 6.42. The van der Waals surface area contributed by atoms with Crippen molar-refractivity contribution < 1.29 is 38.3 Å². The number of rotatable bonds is 4. The van der Waals surface area contributed by atoms with Crippen molar-refractivity contribution >= 4 is 12.0 Å². The lowest BCUT2D eigenvalue weighted by Crippen LogP contribution is -2.34. The van der Waals surface area contributed by atoms with E-state index in [9.17, 15) is 9.90 Å². The van der Waals surface area contributed by atoms with Crippen LogP contribution in [0.5, 0.6) is 11.5 Å². The van der Waals surface area contributed by atoms with E-state index in [0.717, 1.165) is 19.3 Å². The fraction of sp³-hybridized carbons (Fsp3) is 0.577. The van der Waals surface area contributed by atoms with E-state index >= 15 is 0 Å². The molecule has 1 aromatic carbocycles. The molecule has 0 bridgehead atoms. The molecule has 2 aliphatic heterocycles. The second kappa shape index (κ2) is 10.5. The van der Waals surface area contributed by atoms with E-state index in [0.29, 0.717) is 29.0 Å². The SMILES string of the molecule is COCOc1cc(OC)cc2c1C(=O)O[C@H]1CCC[C@@H]1/C=C\C(O)[C@H]1OC(C)(C)O[C@H]1C/C=C/2. The van der Waals surface area contributed by atoms with Gasteiger partial charge in [0.1, 0.15) is 35.4 Å². The van der Waals surface area contributed by atoms with E-state index in [4.69, 9.17) is 28.4 Å². The van der Waals surface area contributed by atoms with Gasteiger partial charge in [-0.05, 0) is 51.2 Å². The smallest absolute Gasteiger partial charge is 0.342 e. The monoisotopic (exact) mass is 474 g/mol. The van der Waals surface area contributed by atoms with Crippen molar-refractivity contribution in [3.8, 4) is 11.5 Å². The van der Waals surface area contributed by atoms with Crippen LogP contribution in [0.3, 0.4) is 0 Å². The maximum atomic E-state index is 13.4. The standard InChI is InChI=1S/C26H34O8/c1-26(2)33-21-10-6-8-17-13-18(30-4)14-22(31-15-29-3)23(17)25(28)32-20-9-5-7-16(20)11-12-19(27)24(21)34-26/h6,8,11-14,16,19-21,24,27H,5,7,9-10,15H2,1-4H3/b8-6+,12-11-/t16-,19?,20+,21+,24-/m1/s1. The number of benzene rings is 1. The Morgan fingerprint density at radius 2 is 1.94 bits per heavy atom. The van der Waals surface area contributed by atoms with Crippen LogP contribution >= 0.6 is 0 Å². The number of ether oxygens (including phenoxy) is 6. The highest BCUT2D eigenvalue weighted by Crippen LogP contribution is 2.37. The van der Waals surface area contributed by atoms with Crippen LogP contribution in [0, 0.1) is 5.92 Å². The Morgan fingerprint density at radius 1 is 1.12 bits per heavy atom. The van der Waals surface area contributed by atoms with E-state index in [2.05, 4.69) is 0 Å². The highest BCUT2D eigenvalue weighted by molar-refractivity contribution is 5.97. The molecular weight excluding hydrogens is 440 g/mol. The molecular formula is C26H34O8. The van der Waals surface area contributed by atoms with Crippen LogP contribution in [0.15, 0.2) is 30.4 Å². The Labute approximate surface area is 200 Å². The maximum Gasteiger partial charge on any atom is 0.342 e. The Balaban J connectivity index is 1.76. The van der Waals surface area contributed by atoms with Crippen molar-refractivity contribution in [2.24, 2.45) is 5.92 Å². The molecule has 1 N–H and O–H groups in total. The number of methoxy groups -OCH3 is 2. The average molecular weight is 475 g/mol. The summed E-state index contributed by atoms with van der Waals surface area (Å²) in [7, 11) is 3.07. The van der Waals surface area contributed by atoms with E-state index in [1.165, 1.54) is 7.11 Å². The van der Waals surface area contributed by atoms with Crippen LogP contribution in [0.4, 0.5) is 0 Å². The summed E-state index contributed by atoms with van der Waals surface area (Å²) >= 11 is 0. The van der Waals surface area contributed by atoms with Gasteiger partial charge in [-0.15, -0.1) is 0 Å². The summed E-state index contributed by atoms with van der Waals surface area (Å²) in [5.74, 6) is -0.381. The van der Waals surface area contributed by atoms with Gasteiger partial charge >= 0.3 is 5.97 Å². The predicted octanol–water partition coefficient (Wildman–Crippen LogP) is 3.86. The molecule has 1 saturated heterocycles. The Kier molecular flexibility index (Phi) is 7.62. The second-order valence-electron chi connectivity index (χ2n) is 9.33. The van der Waals surface area contributed by atoms with Gasteiger partial charge in [-0.3, -0.25) is 0 Å². The summed E-state index contributed by atoms with van der Waals surface area (Å²) in [6, 6.07) is 3.43. The van der Waals surface area contributed by atoms with Gasteiger partial charge in [-0.2, -0.15) is 0 Å². The third-order valence-electron chi connectivity index (χ3n) is 6.42. The number of aliphatic hydroxyl groups excluding tert-OH is 1. The number of hydrogen-bond donors (Lipinski definition) is 1. The van der Waals surface area contributed by atoms with Crippen molar-refractivity contribution in [3.05, 3.63) is 41.5 Å². The summed E-state index contributed by atoms with van der Waals surface area (Å²) in [6.07, 6.45) is 8.48. The highest BCUT2D eigenvalue weighted by atomic mass is 16.8. The topological polar surface area (TPSA) is 92.7 Å². The number of carbonyl (C=O) groups is 1. The largest absolute Gasteiger partial charge is 0.497 e. The molecule has 1 aliphatic carbocycles. The second-order valence-corrected chi connectivity index (χ2v) is 9.33. The van der Waals surface area contributed by atoms with Gasteiger partial charge in [0.25, 0.3) is 0 Å². The summed E-state index contributed by atoms with van der Waals surface area (Å²) in [4.78, 5) is 13.4. The van der Waals surface area contributed by atoms with Crippen LogP contribution in [-0.2, 0) is 18.9 Å². The number of fused-ring (bicyclic) bond motifs is 3. The molecule has 0 amide bonds. The van der Waals surface area contributed by atoms with Gasteiger partial charge in [0.05, 0.1) is 13.2 Å². The molecule has 8 nitrogen and oxygen atoms in total. The first-order valence-corrected chi connectivity index (χ1v) is 11.7. The van der Waals surface area contributed by atoms with Gasteiger partial charge in [-0.25, -0.2) is 4.79 Å². The average Bonchev–Trinajstić information content (AvgIpc) is 3.37. The van der Waals surface area contributed by atoms with Crippen molar-refractivity contribution in [2.45, 2.75) is 69.7 Å². The zero-order valence-corrected chi connectivity index (χ0v) is 20.2. The molecule has 3 aliphatic rings. The van der Waals surface area contributed by atoms with Crippen molar-refractivity contribution in [1.29, 1.82) is 0 Å². The molecule has 2 fully saturated rings. The lowest BCUT2D eigenvalue weighted by Gasteiger charge is -2.22. The zero-order chi connectivity index (χ0) is 24.3. The summed E-state index contributed by atoms with van der Waals surface area (Å²) in [6.45, 7) is 3.66. The number of aliphatic hydroxyl groups is 1. The van der Waals surface area contributed by atoms with Crippen LogP contribution in [0.2, 0.25) is 0 Å². The third kappa shape index (κ3) is 5.46. The van der Waals surface area contributed by atoms with Crippen LogP contribution < -0.4 is 9.47 Å². The molecule has 0 spiro atoms. The van der Waals surface area contributed by atoms with Gasteiger partial charge in [0.15, 0.2) is 12.6 Å². The minimum absolute atomic E-state index is 0.0101. The molecule has 1 unspecified atom stereocenters. The Hall–Kier alpha value is -2.39. The lowest BCUT2D eigenvalue weighted by molar-refractivity contribution is -0.152. The minimum Gasteiger partial charge on any atom is -0.497 e. The predicted molar refractivity (Wildman–Crippen MR) is 125 cm³/mol. The normalized spacial score (nSPS) is 32.5. The van der Waals surface area contributed by atoms with E-state index in [-0.39, 0.29) is 24.9 Å². The number of esters is 1. The molecule has 8 heteroatoms. The quantitative estimate of drug-likeness (QED) is 0.400. The molecule has 4 rings (SSSR count). The van der Waals surface area contributed by atoms with Crippen LogP contribution in [0.25, 0.3) is 6.08 Å². The van der Waals surface area contributed by atoms with Gasteiger partial charge in [-0.1, -0.05) is 24.3 Å². The van der Waals surface area contributed by atoms with Crippen LogP contribution in [-0.4, -0.2) is 62.3 Å². The molecule has 1 aromatic rings. The van der Waals surface area contributed by atoms with E-state index in [1.54, 1.807) is 25.3 Å². The van der Waals surface area contributed by atoms with Gasteiger partial charge in [0.2, 0.25) is 0 Å². The molecule has 34 heavy (non-hydrogen) atoms. The summed E-state index contributed by atoms with van der Waals surface area (Å²) in [5, 5.41) is 10.9. The van der Waals surface area contributed by atoms with Gasteiger partial charge in [0, 0.05) is 19.1 Å². The Bertz CT molecular complexity index is 937. The Morgan fingerprint density at radius 3 is 2.71 bits per heavy atom. The first-order valence-electron chi connectivity index (χ1n) is 11.7. The van der Waals surface area contributed by atoms with Crippen molar-refractivity contribution in [3.63, 3.8) is 0 Å². The van der Waals surface area contributed by atoms with Crippen molar-refractivity contribution in [1.82, 2.24) is 0 Å².